The molecule has 0 saturated heterocycles. The van der Waals surface area contributed by atoms with Gasteiger partial charge in [-0.2, -0.15) is 0 Å². The lowest BCUT2D eigenvalue weighted by atomic mass is 9.82. The highest BCUT2D eigenvalue weighted by atomic mass is 16.7. The summed E-state index contributed by atoms with van der Waals surface area (Å²) in [6.45, 7) is 14.9. The van der Waals surface area contributed by atoms with Gasteiger partial charge >= 0.3 is 5.97 Å². The summed E-state index contributed by atoms with van der Waals surface area (Å²) in [7, 11) is 0. The lowest BCUT2D eigenvalue weighted by molar-refractivity contribution is -0.160. The van der Waals surface area contributed by atoms with Crippen molar-refractivity contribution in [2.24, 2.45) is 0 Å². The van der Waals surface area contributed by atoms with Crippen molar-refractivity contribution in [2.75, 3.05) is 12.1 Å². The summed E-state index contributed by atoms with van der Waals surface area (Å²) in [6.07, 6.45) is -1.28. The number of fused-ring (bicyclic) bond motifs is 1. The zero-order chi connectivity index (χ0) is 27.9. The first-order valence-corrected chi connectivity index (χ1v) is 12.6. The molecule has 200 valence electrons. The molecule has 0 spiro atoms. The molecule has 3 aromatic rings. The lowest BCUT2D eigenvalue weighted by Crippen LogP contribution is -2.29. The van der Waals surface area contributed by atoms with Crippen LogP contribution in [0.25, 0.3) is 22.3 Å². The lowest BCUT2D eigenvalue weighted by Gasteiger charge is -2.31. The molecule has 1 heterocycles. The topological polar surface area (TPSA) is 94.1 Å². The van der Waals surface area contributed by atoms with Gasteiger partial charge in [-0.25, -0.2) is 4.79 Å². The minimum absolute atomic E-state index is 0.129. The fourth-order valence-electron chi connectivity index (χ4n) is 4.95. The standard InChI is InChI=1S/C31H35NO6/c1-16-9-10-21(13-17(16)2)26-18(3)25(22-11-12-23-24(14-22)37-15-36-23)27(19(4)28(26)32-20(5)33)29(30(34)35)38-31(6,7)8/h9-14,29H,15H2,1-8H3,(H,32,33)(H,34,35). The molecule has 38 heavy (non-hydrogen) atoms. The number of aliphatic carboxylic acids is 1. The van der Waals surface area contributed by atoms with Crippen LogP contribution in [0.5, 0.6) is 11.5 Å². The third-order valence-corrected chi connectivity index (χ3v) is 6.76. The van der Waals surface area contributed by atoms with Crippen LogP contribution < -0.4 is 14.8 Å². The van der Waals surface area contributed by atoms with Crippen LogP contribution in [0.3, 0.4) is 0 Å². The minimum Gasteiger partial charge on any atom is -0.479 e. The van der Waals surface area contributed by atoms with Gasteiger partial charge in [0.15, 0.2) is 17.6 Å². The van der Waals surface area contributed by atoms with Crippen molar-refractivity contribution in [2.45, 2.75) is 67.1 Å². The number of benzene rings is 3. The van der Waals surface area contributed by atoms with Crippen LogP contribution in [-0.4, -0.2) is 29.4 Å². The highest BCUT2D eigenvalue weighted by Gasteiger charge is 2.34. The number of carbonyl (C=O) groups excluding carboxylic acids is 1. The molecule has 0 radical (unpaired) electrons. The normalized spacial score (nSPS) is 13.4. The number of carboxylic acids is 1. The maximum atomic E-state index is 12.7. The van der Waals surface area contributed by atoms with Crippen LogP contribution in [0.2, 0.25) is 0 Å². The summed E-state index contributed by atoms with van der Waals surface area (Å²) in [5, 5.41) is 13.4. The van der Waals surface area contributed by atoms with Crippen LogP contribution in [0.15, 0.2) is 36.4 Å². The third kappa shape index (κ3) is 5.24. The van der Waals surface area contributed by atoms with Gasteiger partial charge in [-0.3, -0.25) is 4.79 Å². The second kappa shape index (κ2) is 10.1. The first-order chi connectivity index (χ1) is 17.8. The van der Waals surface area contributed by atoms with Crippen LogP contribution in [0, 0.1) is 27.7 Å². The van der Waals surface area contributed by atoms with E-state index in [-0.39, 0.29) is 12.7 Å². The smallest absolute Gasteiger partial charge is 0.337 e. The Kier molecular flexibility index (Phi) is 7.26. The van der Waals surface area contributed by atoms with E-state index in [0.717, 1.165) is 38.9 Å². The van der Waals surface area contributed by atoms with E-state index in [0.29, 0.717) is 28.3 Å². The van der Waals surface area contributed by atoms with E-state index < -0.39 is 17.7 Å². The molecule has 0 bridgehead atoms. The predicted molar refractivity (Wildman–Crippen MR) is 148 cm³/mol. The number of anilines is 1. The average Bonchev–Trinajstić information content (AvgIpc) is 3.29. The van der Waals surface area contributed by atoms with Gasteiger partial charge in [0.25, 0.3) is 0 Å². The van der Waals surface area contributed by atoms with Gasteiger partial charge in [-0.15, -0.1) is 0 Å². The Morgan fingerprint density at radius 1 is 0.895 bits per heavy atom. The van der Waals surface area contributed by atoms with Crippen LogP contribution in [0.4, 0.5) is 5.69 Å². The number of hydrogen-bond acceptors (Lipinski definition) is 5. The van der Waals surface area contributed by atoms with Crippen molar-refractivity contribution in [1.29, 1.82) is 0 Å². The van der Waals surface area contributed by atoms with Crippen molar-refractivity contribution >= 4 is 17.6 Å². The molecule has 0 aromatic heterocycles. The summed E-state index contributed by atoms with van der Waals surface area (Å²) in [6, 6.07) is 11.8. The maximum Gasteiger partial charge on any atom is 0.337 e. The second-order valence-corrected chi connectivity index (χ2v) is 10.8. The zero-order valence-electron chi connectivity index (χ0n) is 23.2. The number of carbonyl (C=O) groups is 2. The van der Waals surface area contributed by atoms with E-state index in [1.165, 1.54) is 6.92 Å². The third-order valence-electron chi connectivity index (χ3n) is 6.76. The molecule has 1 unspecified atom stereocenters. The molecular formula is C31H35NO6. The van der Waals surface area contributed by atoms with Gasteiger partial charge in [0.2, 0.25) is 12.7 Å². The van der Waals surface area contributed by atoms with Gasteiger partial charge in [0.1, 0.15) is 0 Å². The van der Waals surface area contributed by atoms with Crippen molar-refractivity contribution in [3.8, 4) is 33.8 Å². The average molecular weight is 518 g/mol. The molecule has 2 N–H and O–H groups in total. The number of carboxylic acid groups (broad SMARTS) is 1. The van der Waals surface area contributed by atoms with Crippen molar-refractivity contribution in [3.05, 3.63) is 64.2 Å². The Morgan fingerprint density at radius 3 is 2.13 bits per heavy atom. The molecule has 0 saturated carbocycles. The fraction of sp³-hybridized carbons (Fsp3) is 0.355. The molecule has 4 rings (SSSR count). The van der Waals surface area contributed by atoms with Crippen LogP contribution in [0.1, 0.15) is 61.6 Å². The molecule has 7 nitrogen and oxygen atoms in total. The fourth-order valence-corrected chi connectivity index (χ4v) is 4.95. The first kappa shape index (κ1) is 27.2. The predicted octanol–water partition coefficient (Wildman–Crippen LogP) is 6.88. The summed E-state index contributed by atoms with van der Waals surface area (Å²) in [5.74, 6) is -0.137. The molecule has 1 aliphatic rings. The van der Waals surface area contributed by atoms with E-state index in [4.69, 9.17) is 14.2 Å². The second-order valence-electron chi connectivity index (χ2n) is 10.8. The molecule has 3 aromatic carbocycles. The molecule has 1 amide bonds. The number of amides is 1. The summed E-state index contributed by atoms with van der Waals surface area (Å²) >= 11 is 0. The molecule has 1 atom stereocenters. The van der Waals surface area contributed by atoms with Crippen molar-refractivity contribution in [3.63, 3.8) is 0 Å². The Hall–Kier alpha value is -3.84. The Bertz CT molecular complexity index is 1430. The highest BCUT2D eigenvalue weighted by molar-refractivity contribution is 6.00. The molecule has 0 aliphatic carbocycles. The molecular weight excluding hydrogens is 482 g/mol. The number of rotatable bonds is 6. The Labute approximate surface area is 223 Å². The number of ether oxygens (including phenoxy) is 3. The van der Waals surface area contributed by atoms with Crippen molar-refractivity contribution < 1.29 is 28.9 Å². The molecule has 0 fully saturated rings. The van der Waals surface area contributed by atoms with Gasteiger partial charge in [0.05, 0.1) is 11.3 Å². The van der Waals surface area contributed by atoms with E-state index in [1.54, 1.807) is 0 Å². The van der Waals surface area contributed by atoms with Crippen LogP contribution in [-0.2, 0) is 14.3 Å². The minimum atomic E-state index is -1.28. The largest absolute Gasteiger partial charge is 0.479 e. The van der Waals surface area contributed by atoms with Gasteiger partial charge in [0, 0.05) is 18.1 Å². The summed E-state index contributed by atoms with van der Waals surface area (Å²) in [5.41, 5.74) is 7.28. The Morgan fingerprint density at radius 2 is 1.53 bits per heavy atom. The summed E-state index contributed by atoms with van der Waals surface area (Å²) in [4.78, 5) is 25.1. The van der Waals surface area contributed by atoms with Crippen molar-refractivity contribution in [1.82, 2.24) is 0 Å². The van der Waals surface area contributed by atoms with Gasteiger partial charge in [-0.1, -0.05) is 24.3 Å². The Balaban J connectivity index is 2.14. The molecule has 1 aliphatic heterocycles. The van der Waals surface area contributed by atoms with Crippen LogP contribution >= 0.6 is 0 Å². The van der Waals surface area contributed by atoms with E-state index in [1.807, 2.05) is 78.8 Å². The maximum absolute atomic E-state index is 12.7. The van der Waals surface area contributed by atoms with E-state index >= 15 is 0 Å². The summed E-state index contributed by atoms with van der Waals surface area (Å²) < 4.78 is 17.3. The van der Waals surface area contributed by atoms with Gasteiger partial charge in [-0.05, 0) is 99.5 Å². The quantitative estimate of drug-likeness (QED) is 0.370. The van der Waals surface area contributed by atoms with Gasteiger partial charge < -0.3 is 24.6 Å². The SMILES string of the molecule is CC(=O)Nc1c(C)c(C(OC(C)(C)C)C(=O)O)c(-c2ccc3c(c2)OCO3)c(C)c1-c1ccc(C)c(C)c1. The molecule has 7 heteroatoms. The number of nitrogens with one attached hydrogen (secondary N) is 1. The monoisotopic (exact) mass is 517 g/mol. The van der Waals surface area contributed by atoms with E-state index in [9.17, 15) is 14.7 Å². The number of aryl methyl sites for hydroxylation is 2. The zero-order valence-corrected chi connectivity index (χ0v) is 23.2. The first-order valence-electron chi connectivity index (χ1n) is 12.6. The highest BCUT2D eigenvalue weighted by Crippen LogP contribution is 2.48. The number of hydrogen-bond donors (Lipinski definition) is 2. The van der Waals surface area contributed by atoms with E-state index in [2.05, 4.69) is 11.4 Å².